The summed E-state index contributed by atoms with van der Waals surface area (Å²) in [6.07, 6.45) is -1.71. The Morgan fingerprint density at radius 2 is 1.96 bits per heavy atom. The lowest BCUT2D eigenvalue weighted by Gasteiger charge is -2.24. The Bertz CT molecular complexity index is 974. The molecule has 0 unspecified atom stereocenters. The van der Waals surface area contributed by atoms with E-state index < -0.39 is 11.9 Å². The number of fused-ring (bicyclic) bond motifs is 3. The lowest BCUT2D eigenvalue weighted by Crippen LogP contribution is -2.27. The van der Waals surface area contributed by atoms with E-state index in [1.807, 2.05) is 7.05 Å². The molecule has 0 amide bonds. The minimum absolute atomic E-state index is 0.261. The molecule has 27 heavy (non-hydrogen) atoms. The molecule has 0 spiro atoms. The number of pyridine rings is 1. The second-order valence-electron chi connectivity index (χ2n) is 7.03. The second kappa shape index (κ2) is 6.64. The van der Waals surface area contributed by atoms with Gasteiger partial charge in [-0.25, -0.2) is 4.39 Å². The average molecular weight is 377 g/mol. The smallest absolute Gasteiger partial charge is 0.344 e. The fraction of sp³-hybridized carbons (Fsp3) is 0.350. The highest BCUT2D eigenvalue weighted by atomic mass is 19.4. The number of benzene rings is 1. The van der Waals surface area contributed by atoms with Gasteiger partial charge in [0.05, 0.1) is 0 Å². The van der Waals surface area contributed by atoms with Crippen molar-refractivity contribution in [2.24, 2.45) is 0 Å². The molecule has 0 aliphatic carbocycles. The highest BCUT2D eigenvalue weighted by molar-refractivity contribution is 5.86. The first-order valence-corrected chi connectivity index (χ1v) is 8.83. The summed E-state index contributed by atoms with van der Waals surface area (Å²) in [6.45, 7) is 2.31. The van der Waals surface area contributed by atoms with Crippen LogP contribution in [0.15, 0.2) is 36.5 Å². The van der Waals surface area contributed by atoms with Crippen LogP contribution in [-0.4, -0.2) is 28.0 Å². The van der Waals surface area contributed by atoms with Crippen LogP contribution in [0, 0.1) is 5.82 Å². The molecule has 0 bridgehead atoms. The third-order valence-electron chi connectivity index (χ3n) is 5.15. The summed E-state index contributed by atoms with van der Waals surface area (Å²) in [5, 5.41) is 0.919. The third kappa shape index (κ3) is 3.43. The maximum absolute atomic E-state index is 13.8. The topological polar surface area (TPSA) is 21.1 Å². The summed E-state index contributed by atoms with van der Waals surface area (Å²) >= 11 is 0. The molecule has 7 heteroatoms. The maximum Gasteiger partial charge on any atom is 0.433 e. The van der Waals surface area contributed by atoms with Gasteiger partial charge in [0.15, 0.2) is 0 Å². The Labute approximate surface area is 154 Å². The van der Waals surface area contributed by atoms with Crippen molar-refractivity contribution < 1.29 is 17.6 Å². The van der Waals surface area contributed by atoms with E-state index in [0.717, 1.165) is 47.6 Å². The summed E-state index contributed by atoms with van der Waals surface area (Å²) < 4.78 is 53.9. The number of nitrogens with zero attached hydrogens (tertiary/aromatic N) is 3. The zero-order valence-electron chi connectivity index (χ0n) is 14.9. The number of likely N-dealkylation sites (N-methyl/N-ethyl adjacent to an activating group) is 1. The molecule has 0 saturated heterocycles. The van der Waals surface area contributed by atoms with Gasteiger partial charge in [-0.1, -0.05) is 6.07 Å². The molecule has 3 nitrogen and oxygen atoms in total. The van der Waals surface area contributed by atoms with E-state index in [0.29, 0.717) is 13.0 Å². The van der Waals surface area contributed by atoms with Crippen molar-refractivity contribution in [2.75, 3.05) is 13.6 Å². The zero-order valence-corrected chi connectivity index (χ0v) is 14.9. The van der Waals surface area contributed by atoms with Crippen molar-refractivity contribution in [3.05, 3.63) is 64.9 Å². The monoisotopic (exact) mass is 377 g/mol. The Morgan fingerprint density at radius 3 is 2.67 bits per heavy atom. The number of halogens is 4. The first-order valence-electron chi connectivity index (χ1n) is 8.83. The van der Waals surface area contributed by atoms with E-state index in [4.69, 9.17) is 0 Å². The van der Waals surface area contributed by atoms with Gasteiger partial charge in [0.1, 0.15) is 11.5 Å². The lowest BCUT2D eigenvalue weighted by molar-refractivity contribution is -0.141. The van der Waals surface area contributed by atoms with Crippen molar-refractivity contribution in [3.63, 3.8) is 0 Å². The van der Waals surface area contributed by atoms with Gasteiger partial charge in [-0.2, -0.15) is 13.2 Å². The fourth-order valence-corrected chi connectivity index (χ4v) is 3.79. The minimum Gasteiger partial charge on any atom is -0.344 e. The van der Waals surface area contributed by atoms with Crippen LogP contribution in [0.5, 0.6) is 0 Å². The lowest BCUT2D eigenvalue weighted by atomic mass is 10.0. The van der Waals surface area contributed by atoms with Crippen molar-refractivity contribution in [2.45, 2.75) is 32.1 Å². The first-order chi connectivity index (χ1) is 12.8. The molecule has 0 saturated carbocycles. The van der Waals surface area contributed by atoms with Crippen LogP contribution in [0.1, 0.15) is 22.5 Å². The molecule has 0 fully saturated rings. The summed E-state index contributed by atoms with van der Waals surface area (Å²) in [4.78, 5) is 5.74. The number of aromatic nitrogens is 2. The number of hydrogen-bond donors (Lipinski definition) is 0. The van der Waals surface area contributed by atoms with Gasteiger partial charge in [-0.3, -0.25) is 4.98 Å². The summed E-state index contributed by atoms with van der Waals surface area (Å²) in [5.74, 6) is -0.261. The van der Waals surface area contributed by atoms with Crippen LogP contribution < -0.4 is 0 Å². The first kappa shape index (κ1) is 18.0. The Hall–Kier alpha value is -2.41. The predicted molar refractivity (Wildman–Crippen MR) is 94.9 cm³/mol. The van der Waals surface area contributed by atoms with E-state index >= 15 is 0 Å². The third-order valence-corrected chi connectivity index (χ3v) is 5.15. The summed E-state index contributed by atoms with van der Waals surface area (Å²) in [5.41, 5.74) is 3.16. The molecule has 3 aromatic rings. The predicted octanol–water partition coefficient (Wildman–Crippen LogP) is 4.42. The molecule has 4 rings (SSSR count). The summed E-state index contributed by atoms with van der Waals surface area (Å²) in [6, 6.07) is 7.30. The van der Waals surface area contributed by atoms with Crippen LogP contribution in [0.3, 0.4) is 0 Å². The van der Waals surface area contributed by atoms with Gasteiger partial charge in [0, 0.05) is 48.8 Å². The SMILES string of the molecule is CN1CCc2c(c3cc(F)ccc3n2CCc2ccc(C(F)(F)F)nc2)C1. The normalized spacial score (nSPS) is 15.3. The van der Waals surface area contributed by atoms with Crippen LogP contribution in [0.25, 0.3) is 10.9 Å². The van der Waals surface area contributed by atoms with Crippen LogP contribution >= 0.6 is 0 Å². The van der Waals surface area contributed by atoms with Crippen LogP contribution in [0.2, 0.25) is 0 Å². The number of alkyl halides is 3. The summed E-state index contributed by atoms with van der Waals surface area (Å²) in [7, 11) is 2.04. The molecule has 0 atom stereocenters. The van der Waals surface area contributed by atoms with E-state index in [2.05, 4.69) is 14.5 Å². The molecule has 142 valence electrons. The van der Waals surface area contributed by atoms with Crippen LogP contribution in [-0.2, 0) is 32.1 Å². The number of rotatable bonds is 3. The number of hydrogen-bond acceptors (Lipinski definition) is 2. The Morgan fingerprint density at radius 1 is 1.15 bits per heavy atom. The molecule has 2 aromatic heterocycles. The van der Waals surface area contributed by atoms with Crippen molar-refractivity contribution in [1.82, 2.24) is 14.5 Å². The molecule has 3 heterocycles. The van der Waals surface area contributed by atoms with Crippen molar-refractivity contribution in [1.29, 1.82) is 0 Å². The largest absolute Gasteiger partial charge is 0.433 e. The molecule has 1 aliphatic rings. The Balaban J connectivity index is 1.64. The fourth-order valence-electron chi connectivity index (χ4n) is 3.79. The zero-order chi connectivity index (χ0) is 19.2. The average Bonchev–Trinajstić information content (AvgIpc) is 2.92. The number of aryl methyl sites for hydroxylation is 2. The van der Waals surface area contributed by atoms with Gasteiger partial charge >= 0.3 is 6.18 Å². The van der Waals surface area contributed by atoms with E-state index in [9.17, 15) is 17.6 Å². The Kier molecular flexibility index (Phi) is 4.42. The standard InChI is InChI=1S/C20H19F4N3/c1-26-8-7-18-16(12-26)15-10-14(21)3-4-17(15)27(18)9-6-13-2-5-19(25-11-13)20(22,23)24/h2-5,10-11H,6-9,12H2,1H3. The van der Waals surface area contributed by atoms with E-state index in [-0.39, 0.29) is 5.82 Å². The maximum atomic E-state index is 13.8. The van der Waals surface area contributed by atoms with Crippen molar-refractivity contribution >= 4 is 10.9 Å². The molecule has 1 aliphatic heterocycles. The quantitative estimate of drug-likeness (QED) is 0.630. The van der Waals surface area contributed by atoms with Gasteiger partial charge in [0.2, 0.25) is 0 Å². The molecule has 1 aromatic carbocycles. The molecule has 0 N–H and O–H groups in total. The molecular formula is C20H19F4N3. The van der Waals surface area contributed by atoms with Gasteiger partial charge in [-0.05, 0) is 48.9 Å². The van der Waals surface area contributed by atoms with E-state index in [1.54, 1.807) is 12.1 Å². The highest BCUT2D eigenvalue weighted by Gasteiger charge is 2.32. The van der Waals surface area contributed by atoms with E-state index in [1.165, 1.54) is 24.0 Å². The van der Waals surface area contributed by atoms with Gasteiger partial charge < -0.3 is 9.47 Å². The van der Waals surface area contributed by atoms with Crippen LogP contribution in [0.4, 0.5) is 17.6 Å². The molecular weight excluding hydrogens is 358 g/mol. The highest BCUT2D eigenvalue weighted by Crippen LogP contribution is 2.32. The second-order valence-corrected chi connectivity index (χ2v) is 7.03. The van der Waals surface area contributed by atoms with Gasteiger partial charge in [0.25, 0.3) is 0 Å². The van der Waals surface area contributed by atoms with Gasteiger partial charge in [-0.15, -0.1) is 0 Å². The molecule has 0 radical (unpaired) electrons. The van der Waals surface area contributed by atoms with Crippen molar-refractivity contribution in [3.8, 4) is 0 Å². The minimum atomic E-state index is -4.43.